The molecule has 0 unspecified atom stereocenters. The van der Waals surface area contributed by atoms with Gasteiger partial charge in [-0.25, -0.2) is 10.1 Å². The van der Waals surface area contributed by atoms with Crippen LogP contribution < -0.4 is 10.5 Å². The van der Waals surface area contributed by atoms with E-state index in [1.54, 1.807) is 18.6 Å². The van der Waals surface area contributed by atoms with E-state index in [1.165, 1.54) is 4.31 Å². The number of aromatic nitrogens is 2. The summed E-state index contributed by atoms with van der Waals surface area (Å²) in [5.74, 6) is 0.809. The molecule has 2 aromatic heterocycles. The van der Waals surface area contributed by atoms with Gasteiger partial charge in [-0.1, -0.05) is 0 Å². The van der Waals surface area contributed by atoms with E-state index < -0.39 is 10.2 Å². The van der Waals surface area contributed by atoms with Crippen molar-refractivity contribution in [1.82, 2.24) is 14.3 Å². The molecule has 3 heterocycles. The maximum absolute atomic E-state index is 11.3. The first-order valence-electron chi connectivity index (χ1n) is 6.77. The lowest BCUT2D eigenvalue weighted by atomic mass is 10.1. The average Bonchev–Trinajstić information content (AvgIpc) is 2.47. The van der Waals surface area contributed by atoms with E-state index in [9.17, 15) is 8.42 Å². The molecule has 1 saturated heterocycles. The molecule has 2 aromatic rings. The van der Waals surface area contributed by atoms with E-state index in [4.69, 9.17) is 5.14 Å². The molecule has 0 aromatic carbocycles. The van der Waals surface area contributed by atoms with Crippen molar-refractivity contribution in [2.75, 3.05) is 18.4 Å². The van der Waals surface area contributed by atoms with Gasteiger partial charge in [-0.2, -0.15) is 12.7 Å². The van der Waals surface area contributed by atoms with Crippen LogP contribution in [0.15, 0.2) is 30.7 Å². The lowest BCUT2D eigenvalue weighted by Gasteiger charge is -2.30. The van der Waals surface area contributed by atoms with Crippen molar-refractivity contribution in [3.05, 3.63) is 30.7 Å². The Labute approximate surface area is 123 Å². The lowest BCUT2D eigenvalue weighted by molar-refractivity contribution is 0.330. The summed E-state index contributed by atoms with van der Waals surface area (Å²) >= 11 is 0. The minimum absolute atomic E-state index is 0.189. The Bertz CT molecular complexity index is 736. The molecule has 1 aliphatic heterocycles. The molecule has 21 heavy (non-hydrogen) atoms. The van der Waals surface area contributed by atoms with Crippen LogP contribution in [0.1, 0.15) is 12.8 Å². The second-order valence-corrected chi connectivity index (χ2v) is 6.67. The molecule has 3 rings (SSSR count). The fourth-order valence-electron chi connectivity index (χ4n) is 2.58. The van der Waals surface area contributed by atoms with Gasteiger partial charge >= 0.3 is 0 Å². The lowest BCUT2D eigenvalue weighted by Crippen LogP contribution is -2.45. The number of nitrogens with one attached hydrogen (secondary N) is 1. The van der Waals surface area contributed by atoms with Crippen molar-refractivity contribution < 1.29 is 8.42 Å². The van der Waals surface area contributed by atoms with Crippen LogP contribution in [0.2, 0.25) is 0 Å². The highest BCUT2D eigenvalue weighted by molar-refractivity contribution is 7.86. The summed E-state index contributed by atoms with van der Waals surface area (Å²) in [4.78, 5) is 8.47. The van der Waals surface area contributed by atoms with Crippen LogP contribution in [0.5, 0.6) is 0 Å². The van der Waals surface area contributed by atoms with E-state index >= 15 is 0 Å². The van der Waals surface area contributed by atoms with Crippen LogP contribution in [-0.2, 0) is 10.2 Å². The predicted octanol–water partition coefficient (Wildman–Crippen LogP) is 0.710. The Morgan fingerprint density at radius 3 is 2.71 bits per heavy atom. The molecule has 0 aliphatic carbocycles. The van der Waals surface area contributed by atoms with Gasteiger partial charge in [0, 0.05) is 48.5 Å². The van der Waals surface area contributed by atoms with Gasteiger partial charge in [0.05, 0.1) is 0 Å². The Kier molecular flexibility index (Phi) is 3.75. The van der Waals surface area contributed by atoms with Gasteiger partial charge in [0.25, 0.3) is 10.2 Å². The fourth-order valence-corrected chi connectivity index (χ4v) is 3.30. The smallest absolute Gasteiger partial charge is 0.276 e. The third-order valence-corrected chi connectivity index (χ3v) is 4.80. The SMILES string of the molecule is NS(=O)(=O)N1CCC(Nc2nccc3cnccc23)CC1. The summed E-state index contributed by atoms with van der Waals surface area (Å²) in [5.41, 5.74) is 0. The van der Waals surface area contributed by atoms with Crippen LogP contribution in [0.4, 0.5) is 5.82 Å². The van der Waals surface area contributed by atoms with Crippen LogP contribution >= 0.6 is 0 Å². The van der Waals surface area contributed by atoms with Crippen molar-refractivity contribution in [2.24, 2.45) is 5.14 Å². The number of fused-ring (bicyclic) bond motifs is 1. The number of pyridine rings is 2. The maximum Gasteiger partial charge on any atom is 0.276 e. The van der Waals surface area contributed by atoms with E-state index in [1.807, 2.05) is 12.1 Å². The largest absolute Gasteiger partial charge is 0.367 e. The minimum atomic E-state index is -3.58. The number of nitrogens with two attached hydrogens (primary N) is 1. The second-order valence-electron chi connectivity index (χ2n) is 5.12. The topological polar surface area (TPSA) is 101 Å². The number of rotatable bonds is 3. The summed E-state index contributed by atoms with van der Waals surface area (Å²) in [5, 5.41) is 10.6. The molecule has 0 atom stereocenters. The first kappa shape index (κ1) is 14.2. The van der Waals surface area contributed by atoms with Crippen molar-refractivity contribution >= 4 is 26.8 Å². The number of piperidine rings is 1. The molecule has 1 aliphatic rings. The third kappa shape index (κ3) is 3.12. The third-order valence-electron chi connectivity index (χ3n) is 3.72. The average molecular weight is 307 g/mol. The molecule has 0 bridgehead atoms. The zero-order valence-electron chi connectivity index (χ0n) is 11.4. The van der Waals surface area contributed by atoms with Crippen LogP contribution in [0, 0.1) is 0 Å². The van der Waals surface area contributed by atoms with E-state index in [2.05, 4.69) is 15.3 Å². The number of hydrogen-bond donors (Lipinski definition) is 2. The molecule has 8 heteroatoms. The van der Waals surface area contributed by atoms with Gasteiger partial charge < -0.3 is 5.32 Å². The van der Waals surface area contributed by atoms with Gasteiger partial charge in [0.15, 0.2) is 0 Å². The highest BCUT2D eigenvalue weighted by Crippen LogP contribution is 2.23. The van der Waals surface area contributed by atoms with Crippen molar-refractivity contribution in [1.29, 1.82) is 0 Å². The molecule has 0 spiro atoms. The molecular weight excluding hydrogens is 290 g/mol. The van der Waals surface area contributed by atoms with Gasteiger partial charge in [-0.3, -0.25) is 4.98 Å². The zero-order valence-corrected chi connectivity index (χ0v) is 12.3. The highest BCUT2D eigenvalue weighted by atomic mass is 32.2. The standard InChI is InChI=1S/C13H17N5O2S/c14-21(19,20)18-7-3-11(4-8-18)17-13-12-2-5-15-9-10(12)1-6-16-13/h1-2,5-6,9,11H,3-4,7-8H2,(H,16,17)(H2,14,19,20). The van der Waals surface area contributed by atoms with Gasteiger partial charge in [0.1, 0.15) is 5.82 Å². The van der Waals surface area contributed by atoms with E-state index in [0.717, 1.165) is 16.6 Å². The van der Waals surface area contributed by atoms with Crippen LogP contribution in [0.3, 0.4) is 0 Å². The number of nitrogens with zero attached hydrogens (tertiary/aromatic N) is 3. The molecule has 112 valence electrons. The fraction of sp³-hybridized carbons (Fsp3) is 0.385. The predicted molar refractivity (Wildman–Crippen MR) is 80.9 cm³/mol. The first-order chi connectivity index (χ1) is 10.0. The molecule has 1 fully saturated rings. The summed E-state index contributed by atoms with van der Waals surface area (Å²) < 4.78 is 23.9. The molecule has 3 N–H and O–H groups in total. The minimum Gasteiger partial charge on any atom is -0.367 e. The number of hydrogen-bond acceptors (Lipinski definition) is 5. The summed E-state index contributed by atoms with van der Waals surface area (Å²) in [7, 11) is -3.58. The van der Waals surface area contributed by atoms with E-state index in [-0.39, 0.29) is 6.04 Å². The van der Waals surface area contributed by atoms with Gasteiger partial charge in [-0.15, -0.1) is 0 Å². The van der Waals surface area contributed by atoms with Crippen LogP contribution in [-0.4, -0.2) is 41.8 Å². The quantitative estimate of drug-likeness (QED) is 0.869. The van der Waals surface area contributed by atoms with Crippen molar-refractivity contribution in [2.45, 2.75) is 18.9 Å². The normalized spacial score (nSPS) is 18.0. The summed E-state index contributed by atoms with van der Waals surface area (Å²) in [6.07, 6.45) is 6.69. The second kappa shape index (κ2) is 5.55. The molecule has 0 radical (unpaired) electrons. The highest BCUT2D eigenvalue weighted by Gasteiger charge is 2.25. The Morgan fingerprint density at radius 2 is 2.00 bits per heavy atom. The van der Waals surface area contributed by atoms with Crippen molar-refractivity contribution in [3.63, 3.8) is 0 Å². The maximum atomic E-state index is 11.3. The zero-order chi connectivity index (χ0) is 14.9. The van der Waals surface area contributed by atoms with Gasteiger partial charge in [0.2, 0.25) is 0 Å². The summed E-state index contributed by atoms with van der Waals surface area (Å²) in [6.45, 7) is 0.867. The van der Waals surface area contributed by atoms with E-state index in [0.29, 0.717) is 25.9 Å². The molecular formula is C13H17N5O2S. The Hall–Kier alpha value is -1.77. The van der Waals surface area contributed by atoms with Crippen LogP contribution in [0.25, 0.3) is 10.8 Å². The Balaban J connectivity index is 1.73. The molecule has 7 nitrogen and oxygen atoms in total. The monoisotopic (exact) mass is 307 g/mol. The first-order valence-corrected chi connectivity index (χ1v) is 8.27. The van der Waals surface area contributed by atoms with Crippen molar-refractivity contribution in [3.8, 4) is 0 Å². The summed E-state index contributed by atoms with van der Waals surface area (Å²) in [6, 6.07) is 4.02. The molecule has 0 saturated carbocycles. The molecule has 0 amide bonds. The van der Waals surface area contributed by atoms with Gasteiger partial charge in [-0.05, 0) is 25.0 Å². The number of anilines is 1. The Morgan fingerprint density at radius 1 is 1.24 bits per heavy atom.